The van der Waals surface area contributed by atoms with Gasteiger partial charge in [-0.2, -0.15) is 17.8 Å². The number of nitrogens with zero attached hydrogens (tertiary/aromatic N) is 4. The maximum Gasteiger partial charge on any atom is 0.345 e. The van der Waals surface area contributed by atoms with E-state index in [2.05, 4.69) is 26.6 Å². The molecule has 2 saturated carbocycles. The third-order valence-corrected chi connectivity index (χ3v) is 7.03. The number of hydrogen-bond donors (Lipinski definition) is 1. The lowest BCUT2D eigenvalue weighted by Gasteiger charge is -2.31. The zero-order chi connectivity index (χ0) is 20.6. The average Bonchev–Trinajstić information content (AvgIpc) is 3.48. The second kappa shape index (κ2) is 7.81. The fourth-order valence-corrected chi connectivity index (χ4v) is 5.13. The summed E-state index contributed by atoms with van der Waals surface area (Å²) in [5.74, 6) is -0.720. The number of amides is 1. The van der Waals surface area contributed by atoms with Crippen LogP contribution in [0.1, 0.15) is 45.4 Å². The number of carbonyl (C=O) groups excluding carboxylic acids is 1. The van der Waals surface area contributed by atoms with Crippen molar-refractivity contribution >= 4 is 27.6 Å². The van der Waals surface area contributed by atoms with Gasteiger partial charge in [0.1, 0.15) is 5.70 Å². The first-order chi connectivity index (χ1) is 13.8. The van der Waals surface area contributed by atoms with Crippen LogP contribution < -0.4 is 5.32 Å². The largest absolute Gasteiger partial charge is 0.345 e. The van der Waals surface area contributed by atoms with Crippen LogP contribution in [0.3, 0.4) is 0 Å². The van der Waals surface area contributed by atoms with Crippen LogP contribution in [0, 0.1) is 23.7 Å². The topological polar surface area (TPSA) is 105 Å². The Kier molecular flexibility index (Phi) is 5.37. The summed E-state index contributed by atoms with van der Waals surface area (Å²) in [5, 5.41) is 2.46. The fraction of sp³-hybridized carbons (Fsp3) is 0.579. The predicted molar refractivity (Wildman–Crippen MR) is 106 cm³/mol. The zero-order valence-corrected chi connectivity index (χ0v) is 17.0. The smallest absolute Gasteiger partial charge is 0.304 e. The molecule has 4 rings (SSSR count). The van der Waals surface area contributed by atoms with Gasteiger partial charge in [-0.25, -0.2) is 4.31 Å². The molecule has 1 N–H and O–H groups in total. The highest BCUT2D eigenvalue weighted by molar-refractivity contribution is 7.88. The van der Waals surface area contributed by atoms with E-state index in [-0.39, 0.29) is 29.9 Å². The lowest BCUT2D eigenvalue weighted by atomic mass is 9.80. The summed E-state index contributed by atoms with van der Waals surface area (Å²) in [6, 6.07) is 0. The third kappa shape index (κ3) is 4.63. The first kappa shape index (κ1) is 19.9. The SMILES string of the molecule is CC1CCC(C2=NS(=O)(=O)N(CC3CC3)C(C(=O)Nc3cncc(F)n3)=C2)CC1. The molecule has 3 aliphatic rings. The Labute approximate surface area is 169 Å². The summed E-state index contributed by atoms with van der Waals surface area (Å²) < 4.78 is 44.3. The summed E-state index contributed by atoms with van der Waals surface area (Å²) >= 11 is 0. The van der Waals surface area contributed by atoms with Gasteiger partial charge in [-0.3, -0.25) is 9.78 Å². The lowest BCUT2D eigenvalue weighted by molar-refractivity contribution is -0.113. The molecule has 0 aromatic carbocycles. The molecular weight excluding hydrogens is 397 g/mol. The maximum atomic E-state index is 13.3. The van der Waals surface area contributed by atoms with Crippen molar-refractivity contribution in [2.24, 2.45) is 22.2 Å². The van der Waals surface area contributed by atoms with Crippen molar-refractivity contribution in [3.8, 4) is 0 Å². The van der Waals surface area contributed by atoms with E-state index in [9.17, 15) is 17.6 Å². The summed E-state index contributed by atoms with van der Waals surface area (Å²) in [4.78, 5) is 20.2. The normalized spacial score (nSPS) is 26.5. The minimum Gasteiger partial charge on any atom is -0.304 e. The number of hydrogen-bond acceptors (Lipinski definition) is 5. The fourth-order valence-electron chi connectivity index (χ4n) is 3.78. The zero-order valence-electron chi connectivity index (χ0n) is 16.2. The van der Waals surface area contributed by atoms with Crippen LogP contribution in [0.5, 0.6) is 0 Å². The van der Waals surface area contributed by atoms with E-state index < -0.39 is 22.1 Å². The number of nitrogens with one attached hydrogen (secondary N) is 1. The molecule has 0 radical (unpaired) electrons. The Morgan fingerprint density at radius 3 is 2.59 bits per heavy atom. The summed E-state index contributed by atoms with van der Waals surface area (Å²) in [6.45, 7) is 2.40. The molecular formula is C19H24FN5O3S. The van der Waals surface area contributed by atoms with Crippen molar-refractivity contribution in [3.63, 3.8) is 0 Å². The molecule has 1 amide bonds. The number of rotatable bonds is 5. The first-order valence-corrected chi connectivity index (χ1v) is 11.3. The Morgan fingerprint density at radius 2 is 1.93 bits per heavy atom. The Balaban J connectivity index is 1.63. The Bertz CT molecular complexity index is 966. The minimum absolute atomic E-state index is 0.00610. The first-order valence-electron chi connectivity index (χ1n) is 9.95. The number of halogens is 1. The highest BCUT2D eigenvalue weighted by Gasteiger charge is 2.38. The van der Waals surface area contributed by atoms with E-state index >= 15 is 0 Å². The van der Waals surface area contributed by atoms with Crippen LogP contribution >= 0.6 is 0 Å². The van der Waals surface area contributed by atoms with Crippen molar-refractivity contribution in [2.45, 2.75) is 45.4 Å². The molecule has 1 aliphatic heterocycles. The van der Waals surface area contributed by atoms with Gasteiger partial charge < -0.3 is 5.32 Å². The monoisotopic (exact) mass is 421 g/mol. The Morgan fingerprint density at radius 1 is 1.21 bits per heavy atom. The predicted octanol–water partition coefficient (Wildman–Crippen LogP) is 2.68. The van der Waals surface area contributed by atoms with Crippen molar-refractivity contribution < 1.29 is 17.6 Å². The van der Waals surface area contributed by atoms with Gasteiger partial charge in [0.25, 0.3) is 5.91 Å². The van der Waals surface area contributed by atoms with E-state index in [1.165, 1.54) is 6.20 Å². The van der Waals surface area contributed by atoms with Crippen molar-refractivity contribution in [1.82, 2.24) is 14.3 Å². The minimum atomic E-state index is -4.00. The van der Waals surface area contributed by atoms with E-state index in [0.717, 1.165) is 49.0 Å². The van der Waals surface area contributed by atoms with E-state index in [1.54, 1.807) is 6.08 Å². The number of anilines is 1. The van der Waals surface area contributed by atoms with Crippen molar-refractivity contribution in [1.29, 1.82) is 0 Å². The molecule has 0 bridgehead atoms. The van der Waals surface area contributed by atoms with Gasteiger partial charge in [0.2, 0.25) is 5.95 Å². The van der Waals surface area contributed by atoms with Crippen LogP contribution in [0.25, 0.3) is 0 Å². The second-order valence-electron chi connectivity index (χ2n) is 8.14. The van der Waals surface area contributed by atoms with Crippen LogP contribution in [0.15, 0.2) is 28.6 Å². The maximum absolute atomic E-state index is 13.3. The van der Waals surface area contributed by atoms with Gasteiger partial charge in [0.05, 0.1) is 18.1 Å². The molecule has 0 atom stereocenters. The molecule has 2 heterocycles. The van der Waals surface area contributed by atoms with Crippen LogP contribution in [0.2, 0.25) is 0 Å². The second-order valence-corrected chi connectivity index (χ2v) is 9.65. The lowest BCUT2D eigenvalue weighted by Crippen LogP contribution is -2.40. The van der Waals surface area contributed by atoms with Crippen molar-refractivity contribution in [2.75, 3.05) is 11.9 Å². The number of allylic oxidation sites excluding steroid dienone is 1. The Hall–Kier alpha value is -2.36. The highest BCUT2D eigenvalue weighted by Crippen LogP contribution is 2.36. The molecule has 8 nitrogen and oxygen atoms in total. The van der Waals surface area contributed by atoms with Gasteiger partial charge in [-0.1, -0.05) is 19.8 Å². The number of aromatic nitrogens is 2. The van der Waals surface area contributed by atoms with Crippen LogP contribution in [-0.2, 0) is 15.0 Å². The molecule has 29 heavy (non-hydrogen) atoms. The average molecular weight is 421 g/mol. The third-order valence-electron chi connectivity index (χ3n) is 5.69. The summed E-state index contributed by atoms with van der Waals surface area (Å²) in [7, 11) is -4.00. The standard InChI is InChI=1S/C19H24FN5O3S/c1-12-2-6-14(7-3-12)15-8-16(19(26)23-18-10-21-9-17(20)22-18)25(11-13-4-5-13)29(27,28)24-15/h8-10,12-14H,2-7,11H2,1H3,(H,22,23,26). The van der Waals surface area contributed by atoms with Gasteiger partial charge in [-0.05, 0) is 43.6 Å². The van der Waals surface area contributed by atoms with E-state index in [4.69, 9.17) is 0 Å². The quantitative estimate of drug-likeness (QED) is 0.787. The van der Waals surface area contributed by atoms with Gasteiger partial charge in [-0.15, -0.1) is 4.40 Å². The summed E-state index contributed by atoms with van der Waals surface area (Å²) in [5.41, 5.74) is 0.436. The molecule has 0 spiro atoms. The summed E-state index contributed by atoms with van der Waals surface area (Å²) in [6.07, 6.45) is 9.26. The molecule has 0 saturated heterocycles. The molecule has 2 fully saturated rings. The van der Waals surface area contributed by atoms with Gasteiger partial charge in [0, 0.05) is 12.5 Å². The van der Waals surface area contributed by atoms with E-state index in [1.807, 2.05) is 0 Å². The molecule has 1 aromatic heterocycles. The molecule has 156 valence electrons. The van der Waals surface area contributed by atoms with Crippen LogP contribution in [-0.4, -0.2) is 40.9 Å². The van der Waals surface area contributed by atoms with Gasteiger partial charge in [0.15, 0.2) is 5.82 Å². The van der Waals surface area contributed by atoms with Crippen LogP contribution in [0.4, 0.5) is 10.2 Å². The molecule has 0 unspecified atom stereocenters. The van der Waals surface area contributed by atoms with Gasteiger partial charge >= 0.3 is 10.2 Å². The molecule has 10 heteroatoms. The van der Waals surface area contributed by atoms with Crippen molar-refractivity contribution in [3.05, 3.63) is 30.1 Å². The number of carbonyl (C=O) groups is 1. The van der Waals surface area contributed by atoms with E-state index in [0.29, 0.717) is 11.6 Å². The molecule has 2 aliphatic carbocycles. The molecule has 1 aromatic rings. The highest BCUT2D eigenvalue weighted by atomic mass is 32.2.